The Balaban J connectivity index is 1.33. The fourth-order valence-corrected chi connectivity index (χ4v) is 5.87. The van der Waals surface area contributed by atoms with Gasteiger partial charge in [0.1, 0.15) is 11.5 Å². The third-order valence-corrected chi connectivity index (χ3v) is 7.89. The number of aryl methyl sites for hydroxylation is 1. The molecular formula is C28H34N6O4. The van der Waals surface area contributed by atoms with Gasteiger partial charge in [0.05, 0.1) is 5.56 Å². The van der Waals surface area contributed by atoms with Crippen LogP contribution in [0.15, 0.2) is 29.3 Å². The normalized spacial score (nSPS) is 17.2. The van der Waals surface area contributed by atoms with Gasteiger partial charge in [0.15, 0.2) is 5.78 Å². The Morgan fingerprint density at radius 2 is 1.82 bits per heavy atom. The Hall–Kier alpha value is -3.66. The molecule has 0 unspecified atom stereocenters. The zero-order valence-electron chi connectivity index (χ0n) is 21.9. The number of ketones is 1. The van der Waals surface area contributed by atoms with Crippen molar-refractivity contribution in [2.45, 2.75) is 71.4 Å². The van der Waals surface area contributed by atoms with Crippen molar-refractivity contribution in [3.05, 3.63) is 51.6 Å². The van der Waals surface area contributed by atoms with Gasteiger partial charge >= 0.3 is 5.97 Å². The molecular weight excluding hydrogens is 484 g/mol. The molecule has 0 atom stereocenters. The van der Waals surface area contributed by atoms with Crippen molar-refractivity contribution in [2.24, 2.45) is 5.92 Å². The first-order valence-corrected chi connectivity index (χ1v) is 13.4. The summed E-state index contributed by atoms with van der Waals surface area (Å²) in [6, 6.07) is 3.92. The highest BCUT2D eigenvalue weighted by molar-refractivity contribution is 5.99. The Morgan fingerprint density at radius 3 is 2.45 bits per heavy atom. The molecule has 1 saturated heterocycles. The van der Waals surface area contributed by atoms with Gasteiger partial charge in [-0.3, -0.25) is 23.9 Å². The van der Waals surface area contributed by atoms with E-state index >= 15 is 0 Å². The van der Waals surface area contributed by atoms with E-state index in [1.165, 1.54) is 6.92 Å². The minimum Gasteiger partial charge on any atom is -0.481 e. The van der Waals surface area contributed by atoms with Gasteiger partial charge in [0.2, 0.25) is 5.95 Å². The summed E-state index contributed by atoms with van der Waals surface area (Å²) in [4.78, 5) is 52.7. The molecule has 0 bridgehead atoms. The molecule has 2 fully saturated rings. The van der Waals surface area contributed by atoms with Gasteiger partial charge in [-0.1, -0.05) is 18.9 Å². The van der Waals surface area contributed by atoms with Crippen LogP contribution < -0.4 is 10.9 Å². The van der Waals surface area contributed by atoms with Crippen LogP contribution in [0.1, 0.15) is 79.4 Å². The number of likely N-dealkylation sites (tertiary alicyclic amines) is 1. The molecule has 3 aromatic rings. The first-order valence-electron chi connectivity index (χ1n) is 13.4. The average molecular weight is 519 g/mol. The van der Waals surface area contributed by atoms with Crippen molar-refractivity contribution in [3.63, 3.8) is 0 Å². The molecule has 10 nitrogen and oxygen atoms in total. The van der Waals surface area contributed by atoms with Crippen LogP contribution in [0, 0.1) is 12.8 Å². The SMILES string of the molecule is CC(=O)c1c(C)c2cnc(Nc3ccc(CN4CCC(CC(=O)O)CC4)cn3)nc2n(C2CCCC2)c1=O. The summed E-state index contributed by atoms with van der Waals surface area (Å²) in [6.45, 7) is 5.75. The summed E-state index contributed by atoms with van der Waals surface area (Å²) < 4.78 is 1.70. The minimum atomic E-state index is -0.719. The Labute approximate surface area is 221 Å². The fraction of sp³-hybridized carbons (Fsp3) is 0.500. The van der Waals surface area contributed by atoms with Gasteiger partial charge < -0.3 is 10.4 Å². The van der Waals surface area contributed by atoms with Crippen molar-refractivity contribution < 1.29 is 14.7 Å². The van der Waals surface area contributed by atoms with Crippen LogP contribution in [0.4, 0.5) is 11.8 Å². The molecule has 0 spiro atoms. The molecule has 0 amide bonds. The lowest BCUT2D eigenvalue weighted by Gasteiger charge is -2.31. The van der Waals surface area contributed by atoms with Crippen molar-refractivity contribution in [2.75, 3.05) is 18.4 Å². The molecule has 200 valence electrons. The Morgan fingerprint density at radius 1 is 1.08 bits per heavy atom. The minimum absolute atomic E-state index is 0.0260. The third kappa shape index (κ3) is 5.45. The second kappa shape index (κ2) is 11.0. The van der Waals surface area contributed by atoms with E-state index in [-0.39, 0.29) is 35.3 Å². The number of carbonyl (C=O) groups excluding carboxylic acids is 1. The van der Waals surface area contributed by atoms with Crippen molar-refractivity contribution in [1.82, 2.24) is 24.4 Å². The second-order valence-electron chi connectivity index (χ2n) is 10.6. The second-order valence-corrected chi connectivity index (χ2v) is 10.6. The van der Waals surface area contributed by atoms with Crippen LogP contribution in [-0.4, -0.2) is 54.4 Å². The zero-order chi connectivity index (χ0) is 26.8. The number of carboxylic acids is 1. The number of aromatic nitrogens is 4. The number of Topliss-reactive ketones (excluding diaryl/α,β-unsaturated/α-hetero) is 1. The highest BCUT2D eigenvalue weighted by Crippen LogP contribution is 2.32. The van der Waals surface area contributed by atoms with Crippen LogP contribution >= 0.6 is 0 Å². The Bertz CT molecular complexity index is 1400. The molecule has 1 aliphatic carbocycles. The lowest BCUT2D eigenvalue weighted by molar-refractivity contribution is -0.138. The number of nitrogens with one attached hydrogen (secondary N) is 1. The van der Waals surface area contributed by atoms with E-state index in [9.17, 15) is 14.4 Å². The smallest absolute Gasteiger partial charge is 0.303 e. The number of fused-ring (bicyclic) bond motifs is 1. The summed E-state index contributed by atoms with van der Waals surface area (Å²) in [5.41, 5.74) is 2.19. The summed E-state index contributed by atoms with van der Waals surface area (Å²) in [5.74, 6) is 0.249. The third-order valence-electron chi connectivity index (χ3n) is 7.89. The highest BCUT2D eigenvalue weighted by atomic mass is 16.4. The van der Waals surface area contributed by atoms with Crippen LogP contribution in [-0.2, 0) is 11.3 Å². The molecule has 0 radical (unpaired) electrons. The molecule has 10 heteroatoms. The number of aliphatic carboxylic acids is 1. The van der Waals surface area contributed by atoms with Gasteiger partial charge in [-0.2, -0.15) is 4.98 Å². The molecule has 5 rings (SSSR count). The largest absolute Gasteiger partial charge is 0.481 e. The number of anilines is 2. The number of hydrogen-bond acceptors (Lipinski definition) is 8. The number of hydrogen-bond donors (Lipinski definition) is 2. The van der Waals surface area contributed by atoms with E-state index < -0.39 is 5.97 Å². The zero-order valence-corrected chi connectivity index (χ0v) is 21.9. The van der Waals surface area contributed by atoms with E-state index in [2.05, 4.69) is 20.2 Å². The van der Waals surface area contributed by atoms with Crippen LogP contribution in [0.25, 0.3) is 11.0 Å². The molecule has 1 saturated carbocycles. The van der Waals surface area contributed by atoms with Crippen molar-refractivity contribution in [3.8, 4) is 0 Å². The summed E-state index contributed by atoms with van der Waals surface area (Å²) >= 11 is 0. The molecule has 3 aromatic heterocycles. The molecule has 2 aliphatic rings. The monoisotopic (exact) mass is 518 g/mol. The highest BCUT2D eigenvalue weighted by Gasteiger charge is 2.26. The number of carbonyl (C=O) groups is 2. The van der Waals surface area contributed by atoms with Gasteiger partial charge in [0.25, 0.3) is 5.56 Å². The van der Waals surface area contributed by atoms with Gasteiger partial charge in [-0.05, 0) is 75.7 Å². The van der Waals surface area contributed by atoms with Crippen molar-refractivity contribution in [1.29, 1.82) is 0 Å². The first-order chi connectivity index (χ1) is 18.3. The maximum Gasteiger partial charge on any atom is 0.303 e. The van der Waals surface area contributed by atoms with Gasteiger partial charge in [-0.15, -0.1) is 0 Å². The predicted molar refractivity (Wildman–Crippen MR) is 144 cm³/mol. The summed E-state index contributed by atoms with van der Waals surface area (Å²) in [6.07, 6.45) is 9.44. The number of nitrogens with zero attached hydrogens (tertiary/aromatic N) is 5. The van der Waals surface area contributed by atoms with E-state index in [0.717, 1.165) is 63.7 Å². The Kier molecular flexibility index (Phi) is 7.51. The van der Waals surface area contributed by atoms with E-state index in [0.29, 0.717) is 28.4 Å². The van der Waals surface area contributed by atoms with Gasteiger partial charge in [0, 0.05) is 36.8 Å². The number of rotatable bonds is 8. The molecule has 38 heavy (non-hydrogen) atoms. The molecule has 0 aromatic carbocycles. The topological polar surface area (TPSA) is 130 Å². The standard InChI is InChI=1S/C28H34N6O4/c1-17-22-15-30-28(32-26(22)34(21-5-3-4-6-21)27(38)25(17)18(2)35)31-23-8-7-20(14-29-23)16-33-11-9-19(10-12-33)13-24(36)37/h7-8,14-15,19,21H,3-6,9-13,16H2,1-2H3,(H,36,37)(H,29,30,31,32). The number of pyridine rings is 2. The predicted octanol–water partition coefficient (Wildman–Crippen LogP) is 4.24. The van der Waals surface area contributed by atoms with E-state index in [4.69, 9.17) is 10.1 Å². The quantitative estimate of drug-likeness (QED) is 0.420. The fourth-order valence-electron chi connectivity index (χ4n) is 5.87. The lowest BCUT2D eigenvalue weighted by Crippen LogP contribution is -2.33. The van der Waals surface area contributed by atoms with Crippen molar-refractivity contribution >= 4 is 34.6 Å². The molecule has 4 heterocycles. The van der Waals surface area contributed by atoms with E-state index in [1.54, 1.807) is 17.7 Å². The lowest BCUT2D eigenvalue weighted by atomic mass is 9.93. The van der Waals surface area contributed by atoms with Crippen LogP contribution in [0.2, 0.25) is 0 Å². The maximum absolute atomic E-state index is 13.4. The first kappa shape index (κ1) is 26.0. The van der Waals surface area contributed by atoms with Gasteiger partial charge in [-0.25, -0.2) is 9.97 Å². The van der Waals surface area contributed by atoms with E-state index in [1.807, 2.05) is 18.3 Å². The number of piperidine rings is 1. The molecule has 2 N–H and O–H groups in total. The maximum atomic E-state index is 13.4. The molecule has 1 aliphatic heterocycles. The van der Waals surface area contributed by atoms with Crippen LogP contribution in [0.5, 0.6) is 0 Å². The summed E-state index contributed by atoms with van der Waals surface area (Å²) in [7, 11) is 0. The average Bonchev–Trinajstić information content (AvgIpc) is 3.40. The van der Waals surface area contributed by atoms with Crippen LogP contribution in [0.3, 0.4) is 0 Å². The number of carboxylic acid groups (broad SMARTS) is 1. The summed E-state index contributed by atoms with van der Waals surface area (Å²) in [5, 5.41) is 12.9.